The van der Waals surface area contributed by atoms with E-state index in [1.807, 2.05) is 11.4 Å². The van der Waals surface area contributed by atoms with Gasteiger partial charge in [0, 0.05) is 17.8 Å². The fourth-order valence-electron chi connectivity index (χ4n) is 1.27. The van der Waals surface area contributed by atoms with Crippen LogP contribution in [0.4, 0.5) is 0 Å². The molecule has 15 heavy (non-hydrogen) atoms. The first-order valence-electron chi connectivity index (χ1n) is 4.15. The predicted molar refractivity (Wildman–Crippen MR) is 63.5 cm³/mol. The topological polar surface area (TPSA) is 38.7 Å². The Bertz CT molecular complexity index is 603. The molecule has 0 aromatic carbocycles. The second-order valence-electron chi connectivity index (χ2n) is 2.84. The summed E-state index contributed by atoms with van der Waals surface area (Å²) in [6, 6.07) is 1.99. The van der Waals surface area contributed by atoms with Gasteiger partial charge in [-0.2, -0.15) is 0 Å². The summed E-state index contributed by atoms with van der Waals surface area (Å²) in [5, 5.41) is 3.25. The third kappa shape index (κ3) is 1.62. The Hall–Kier alpha value is -1.04. The molecule has 0 unspecified atom stereocenters. The van der Waals surface area contributed by atoms with Gasteiger partial charge in [-0.05, 0) is 17.7 Å². The average molecular weight is 254 g/mol. The molecule has 3 rings (SSSR count). The molecule has 0 saturated carbocycles. The van der Waals surface area contributed by atoms with E-state index in [1.54, 1.807) is 35.1 Å². The zero-order valence-corrected chi connectivity index (χ0v) is 9.73. The van der Waals surface area contributed by atoms with E-state index in [0.717, 1.165) is 20.1 Å². The minimum Gasteiger partial charge on any atom is -0.244 e. The first kappa shape index (κ1) is 9.21. The lowest BCUT2D eigenvalue weighted by atomic mass is 10.4. The molecule has 0 aliphatic rings. The molecule has 3 heterocycles. The van der Waals surface area contributed by atoms with Crippen LogP contribution < -0.4 is 0 Å². The molecule has 0 amide bonds. The maximum Gasteiger partial charge on any atom is 0.222 e. The van der Waals surface area contributed by atoms with Gasteiger partial charge in [0.1, 0.15) is 5.01 Å². The van der Waals surface area contributed by atoms with Crippen LogP contribution in [-0.2, 0) is 0 Å². The number of rotatable bonds is 1. The van der Waals surface area contributed by atoms with Crippen LogP contribution in [0.1, 0.15) is 0 Å². The van der Waals surface area contributed by atoms with Crippen LogP contribution in [0.15, 0.2) is 23.8 Å². The zero-order valence-electron chi connectivity index (χ0n) is 7.35. The molecule has 3 aromatic rings. The fourth-order valence-corrected chi connectivity index (χ4v) is 3.08. The summed E-state index contributed by atoms with van der Waals surface area (Å²) < 4.78 is 1.03. The number of halogens is 1. The number of thiophene rings is 1. The van der Waals surface area contributed by atoms with E-state index in [4.69, 9.17) is 11.6 Å². The SMILES string of the molecule is Clc1ncc2sc(-c3nccs3)cc2n1. The van der Waals surface area contributed by atoms with E-state index in [9.17, 15) is 0 Å². The van der Waals surface area contributed by atoms with Gasteiger partial charge in [0.15, 0.2) is 0 Å². The highest BCUT2D eigenvalue weighted by Crippen LogP contribution is 2.33. The number of hydrogen-bond donors (Lipinski definition) is 0. The van der Waals surface area contributed by atoms with Crippen molar-refractivity contribution < 1.29 is 0 Å². The second-order valence-corrected chi connectivity index (χ2v) is 5.15. The van der Waals surface area contributed by atoms with Crippen molar-refractivity contribution >= 4 is 44.5 Å². The van der Waals surface area contributed by atoms with Gasteiger partial charge in [0.2, 0.25) is 5.28 Å². The summed E-state index contributed by atoms with van der Waals surface area (Å²) in [5.41, 5.74) is 0.880. The number of aromatic nitrogens is 3. The molecule has 0 aliphatic heterocycles. The summed E-state index contributed by atoms with van der Waals surface area (Å²) in [5.74, 6) is 0. The van der Waals surface area contributed by atoms with Crippen LogP contribution in [-0.4, -0.2) is 15.0 Å². The Kier molecular flexibility index (Phi) is 2.16. The lowest BCUT2D eigenvalue weighted by Crippen LogP contribution is -1.77. The molecule has 0 spiro atoms. The molecule has 3 aromatic heterocycles. The quantitative estimate of drug-likeness (QED) is 0.624. The molecule has 0 atom stereocenters. The fraction of sp³-hybridized carbons (Fsp3) is 0. The second kappa shape index (κ2) is 3.52. The minimum absolute atomic E-state index is 0.283. The molecule has 0 radical (unpaired) electrons. The minimum atomic E-state index is 0.283. The third-order valence-electron chi connectivity index (χ3n) is 1.88. The maximum atomic E-state index is 5.72. The van der Waals surface area contributed by atoms with Crippen molar-refractivity contribution in [2.75, 3.05) is 0 Å². The molecule has 0 bridgehead atoms. The van der Waals surface area contributed by atoms with Crippen molar-refractivity contribution in [3.05, 3.63) is 29.1 Å². The van der Waals surface area contributed by atoms with Crippen LogP contribution in [0, 0.1) is 0 Å². The normalized spacial score (nSPS) is 11.0. The van der Waals surface area contributed by atoms with Crippen molar-refractivity contribution in [1.29, 1.82) is 0 Å². The lowest BCUT2D eigenvalue weighted by molar-refractivity contribution is 1.23. The Morgan fingerprint density at radius 1 is 1.27 bits per heavy atom. The lowest BCUT2D eigenvalue weighted by Gasteiger charge is -1.86. The highest BCUT2D eigenvalue weighted by atomic mass is 35.5. The summed E-state index contributed by atoms with van der Waals surface area (Å²) in [7, 11) is 0. The summed E-state index contributed by atoms with van der Waals surface area (Å²) in [4.78, 5) is 13.5. The van der Waals surface area contributed by atoms with E-state index in [1.165, 1.54) is 0 Å². The highest BCUT2D eigenvalue weighted by Gasteiger charge is 2.07. The van der Waals surface area contributed by atoms with Gasteiger partial charge in [-0.3, -0.25) is 0 Å². The number of fused-ring (bicyclic) bond motifs is 1. The molecule has 0 N–H and O–H groups in total. The molecule has 74 valence electrons. The Labute approximate surface area is 98.4 Å². The predicted octanol–water partition coefficient (Wildman–Crippen LogP) is 3.47. The van der Waals surface area contributed by atoms with E-state index >= 15 is 0 Å². The number of thiazole rings is 1. The van der Waals surface area contributed by atoms with Gasteiger partial charge in [-0.1, -0.05) is 0 Å². The van der Waals surface area contributed by atoms with Gasteiger partial charge in [-0.15, -0.1) is 22.7 Å². The van der Waals surface area contributed by atoms with Crippen LogP contribution >= 0.6 is 34.3 Å². The molecular formula is C9H4ClN3S2. The summed E-state index contributed by atoms with van der Waals surface area (Å²) >= 11 is 8.96. The zero-order chi connectivity index (χ0) is 10.3. The van der Waals surface area contributed by atoms with Gasteiger partial charge in [-0.25, -0.2) is 15.0 Å². The Balaban J connectivity index is 2.22. The molecule has 6 heteroatoms. The number of hydrogen-bond acceptors (Lipinski definition) is 5. The van der Waals surface area contributed by atoms with Crippen LogP contribution in [0.3, 0.4) is 0 Å². The standard InChI is InChI=1S/C9H4ClN3S2/c10-9-12-4-7-5(13-9)3-6(15-7)8-11-1-2-14-8/h1-4H. The van der Waals surface area contributed by atoms with Crippen LogP contribution in [0.2, 0.25) is 5.28 Å². The third-order valence-corrected chi connectivity index (χ3v) is 4.07. The highest BCUT2D eigenvalue weighted by molar-refractivity contribution is 7.25. The van der Waals surface area contributed by atoms with Crippen molar-refractivity contribution in [2.24, 2.45) is 0 Å². The largest absolute Gasteiger partial charge is 0.244 e. The Morgan fingerprint density at radius 3 is 3.00 bits per heavy atom. The Morgan fingerprint density at radius 2 is 2.20 bits per heavy atom. The van der Waals surface area contributed by atoms with Crippen molar-refractivity contribution in [3.63, 3.8) is 0 Å². The molecule has 0 fully saturated rings. The molecule has 0 saturated heterocycles. The van der Waals surface area contributed by atoms with E-state index in [-0.39, 0.29) is 5.28 Å². The van der Waals surface area contributed by atoms with Crippen molar-refractivity contribution in [2.45, 2.75) is 0 Å². The van der Waals surface area contributed by atoms with Gasteiger partial charge in [0.05, 0.1) is 15.1 Å². The van der Waals surface area contributed by atoms with E-state index in [2.05, 4.69) is 15.0 Å². The molecule has 3 nitrogen and oxygen atoms in total. The molecule has 0 aliphatic carbocycles. The first-order valence-corrected chi connectivity index (χ1v) is 6.22. The van der Waals surface area contributed by atoms with Gasteiger partial charge < -0.3 is 0 Å². The molecular weight excluding hydrogens is 250 g/mol. The van der Waals surface area contributed by atoms with E-state index in [0.29, 0.717) is 0 Å². The summed E-state index contributed by atoms with van der Waals surface area (Å²) in [6.45, 7) is 0. The monoisotopic (exact) mass is 253 g/mol. The van der Waals surface area contributed by atoms with E-state index < -0.39 is 0 Å². The van der Waals surface area contributed by atoms with Crippen molar-refractivity contribution in [1.82, 2.24) is 15.0 Å². The summed E-state index contributed by atoms with van der Waals surface area (Å²) in [6.07, 6.45) is 3.54. The first-order chi connectivity index (χ1) is 7.33. The van der Waals surface area contributed by atoms with Crippen molar-refractivity contribution in [3.8, 4) is 9.88 Å². The van der Waals surface area contributed by atoms with Gasteiger partial charge >= 0.3 is 0 Å². The van der Waals surface area contributed by atoms with Crippen LogP contribution in [0.25, 0.3) is 20.1 Å². The van der Waals surface area contributed by atoms with Crippen LogP contribution in [0.5, 0.6) is 0 Å². The number of nitrogens with zero attached hydrogens (tertiary/aromatic N) is 3. The maximum absolute atomic E-state index is 5.72. The smallest absolute Gasteiger partial charge is 0.222 e. The average Bonchev–Trinajstić information content (AvgIpc) is 2.84. The van der Waals surface area contributed by atoms with Gasteiger partial charge in [0.25, 0.3) is 0 Å².